The molecule has 2 saturated carbocycles. The van der Waals surface area contributed by atoms with Crippen LogP contribution in [0, 0.1) is 28.6 Å². The molecule has 1 unspecified atom stereocenters. The van der Waals surface area contributed by atoms with Crippen molar-refractivity contribution >= 4 is 28.5 Å². The first-order valence-corrected chi connectivity index (χ1v) is 10.1. The molecule has 3 fully saturated rings. The molecule has 0 aromatic heterocycles. The van der Waals surface area contributed by atoms with Crippen molar-refractivity contribution < 1.29 is 4.79 Å². The van der Waals surface area contributed by atoms with E-state index in [-0.39, 0.29) is 0 Å². The summed E-state index contributed by atoms with van der Waals surface area (Å²) in [4.78, 5) is 14.2. The van der Waals surface area contributed by atoms with Gasteiger partial charge in [-0.2, -0.15) is 0 Å². The van der Waals surface area contributed by atoms with Crippen LogP contribution in [0.4, 0.5) is 0 Å². The van der Waals surface area contributed by atoms with Crippen LogP contribution < -0.4 is 0 Å². The highest BCUT2D eigenvalue weighted by Crippen LogP contribution is 2.65. The second-order valence-corrected chi connectivity index (χ2v) is 9.89. The molecule has 1 aliphatic heterocycles. The van der Waals surface area contributed by atoms with Gasteiger partial charge in [-0.25, -0.2) is 0 Å². The number of rotatable bonds is 0. The quantitative estimate of drug-likeness (QED) is 0.524. The van der Waals surface area contributed by atoms with Gasteiger partial charge in [0.25, 0.3) is 0 Å². The minimum absolute atomic E-state index is 0.362. The second kappa shape index (κ2) is 4.97. The highest BCUT2D eigenvalue weighted by Gasteiger charge is 2.59. The number of hydrogen-bond donors (Lipinski definition) is 0. The molecule has 3 aliphatic carbocycles. The van der Waals surface area contributed by atoms with Gasteiger partial charge in [0.1, 0.15) is 0 Å². The van der Waals surface area contributed by atoms with Crippen LogP contribution in [0.25, 0.3) is 0 Å². The third-order valence-electron chi connectivity index (χ3n) is 8.04. The number of halogens is 1. The zero-order chi connectivity index (χ0) is 15.7. The molecule has 0 aromatic rings. The third kappa shape index (κ3) is 1.86. The zero-order valence-electron chi connectivity index (χ0n) is 14.1. The van der Waals surface area contributed by atoms with Gasteiger partial charge in [-0.3, -0.25) is 4.79 Å². The predicted octanol–water partition coefficient (Wildman–Crippen LogP) is 4.78. The summed E-state index contributed by atoms with van der Waals surface area (Å²) in [6.07, 6.45) is 11.0. The van der Waals surface area contributed by atoms with Crippen molar-refractivity contribution in [3.63, 3.8) is 0 Å². The lowest BCUT2D eigenvalue weighted by Gasteiger charge is -2.61. The van der Waals surface area contributed by atoms with Gasteiger partial charge in [0, 0.05) is 24.9 Å². The fourth-order valence-corrected chi connectivity index (χ4v) is 7.59. The summed E-state index contributed by atoms with van der Waals surface area (Å²) < 4.78 is 1.62. The van der Waals surface area contributed by atoms with Gasteiger partial charge in [-0.1, -0.05) is 19.9 Å². The minimum atomic E-state index is 0.362. The summed E-state index contributed by atoms with van der Waals surface area (Å²) in [5.74, 6) is 2.94. The molecular formula is C19H28INO. The molecule has 0 N–H and O–H groups in total. The Labute approximate surface area is 148 Å². The fourth-order valence-electron chi connectivity index (χ4n) is 6.67. The molecule has 0 aromatic carbocycles. The van der Waals surface area contributed by atoms with E-state index >= 15 is 0 Å². The van der Waals surface area contributed by atoms with Gasteiger partial charge in [0.2, 0.25) is 5.91 Å². The van der Waals surface area contributed by atoms with Gasteiger partial charge in [0.15, 0.2) is 0 Å². The average molecular weight is 413 g/mol. The number of amides is 1. The van der Waals surface area contributed by atoms with E-state index < -0.39 is 0 Å². The van der Waals surface area contributed by atoms with Gasteiger partial charge in [-0.15, -0.1) is 0 Å². The Morgan fingerprint density at radius 1 is 1.18 bits per heavy atom. The molecule has 1 saturated heterocycles. The van der Waals surface area contributed by atoms with Crippen LogP contribution in [0.5, 0.6) is 0 Å². The van der Waals surface area contributed by atoms with E-state index in [9.17, 15) is 4.79 Å². The lowest BCUT2D eigenvalue weighted by molar-refractivity contribution is -0.156. The molecule has 4 rings (SSSR count). The Kier molecular flexibility index (Phi) is 3.49. The molecule has 1 amide bonds. The number of carbonyl (C=O) groups is 1. The molecule has 0 radical (unpaired) electrons. The number of hydrogen-bond acceptors (Lipinski definition) is 1. The number of nitrogens with zero attached hydrogens (tertiary/aromatic N) is 1. The Morgan fingerprint density at radius 3 is 2.73 bits per heavy atom. The summed E-state index contributed by atoms with van der Waals surface area (Å²) >= 11 is 2.60. The molecular weight excluding hydrogens is 385 g/mol. The highest BCUT2D eigenvalue weighted by molar-refractivity contribution is 14.1. The number of carbonyl (C=O) groups excluding carboxylic acids is 1. The summed E-state index contributed by atoms with van der Waals surface area (Å²) in [6.45, 7) is 5.03. The first kappa shape index (κ1) is 15.5. The molecule has 22 heavy (non-hydrogen) atoms. The molecule has 122 valence electrons. The SMILES string of the molecule is CN1C(=O)CC[C@@]2(C)C1CC[C@@H]1[C@H]2CC[C@]2(C)C(I)=CC[C@@H]12. The van der Waals surface area contributed by atoms with Crippen molar-refractivity contribution in [1.29, 1.82) is 0 Å². The van der Waals surface area contributed by atoms with E-state index in [1.807, 2.05) is 0 Å². The van der Waals surface area contributed by atoms with Crippen molar-refractivity contribution in [3.05, 3.63) is 9.66 Å². The summed E-state index contributed by atoms with van der Waals surface area (Å²) in [7, 11) is 2.05. The zero-order valence-corrected chi connectivity index (χ0v) is 16.2. The molecule has 4 aliphatic rings. The lowest BCUT2D eigenvalue weighted by Crippen LogP contribution is -2.61. The van der Waals surface area contributed by atoms with Gasteiger partial charge in [0.05, 0.1) is 0 Å². The molecule has 0 bridgehead atoms. The van der Waals surface area contributed by atoms with Gasteiger partial charge >= 0.3 is 0 Å². The van der Waals surface area contributed by atoms with Crippen LogP contribution in [0.2, 0.25) is 0 Å². The van der Waals surface area contributed by atoms with Crippen LogP contribution in [-0.4, -0.2) is 23.9 Å². The first-order chi connectivity index (χ1) is 10.4. The van der Waals surface area contributed by atoms with Crippen molar-refractivity contribution in [3.8, 4) is 0 Å². The second-order valence-electron chi connectivity index (χ2n) is 8.72. The lowest BCUT2D eigenvalue weighted by atomic mass is 9.47. The van der Waals surface area contributed by atoms with E-state index in [2.05, 4.69) is 54.5 Å². The van der Waals surface area contributed by atoms with Crippen LogP contribution in [0.3, 0.4) is 0 Å². The number of fused-ring (bicyclic) bond motifs is 5. The van der Waals surface area contributed by atoms with Gasteiger partial charge in [-0.05, 0) is 87.9 Å². The monoisotopic (exact) mass is 413 g/mol. The average Bonchev–Trinajstić information content (AvgIpc) is 2.79. The standard InChI is InChI=1S/C19H28INO/c1-18-10-8-14-12(13(18)5-6-15(18)20)4-7-16-19(14,2)11-9-17(22)21(16)3/h6,12-14,16H,4-5,7-11H2,1-3H3/t12-,13-,14+,16?,18-,19+/m0/s1. The molecule has 0 spiro atoms. The maximum atomic E-state index is 12.1. The molecule has 2 nitrogen and oxygen atoms in total. The number of allylic oxidation sites excluding steroid dienone is 2. The minimum Gasteiger partial charge on any atom is -0.342 e. The van der Waals surface area contributed by atoms with E-state index in [0.717, 1.165) is 30.6 Å². The highest BCUT2D eigenvalue weighted by atomic mass is 127. The Hall–Kier alpha value is -0.0600. The van der Waals surface area contributed by atoms with Crippen LogP contribution in [-0.2, 0) is 4.79 Å². The Morgan fingerprint density at radius 2 is 1.95 bits per heavy atom. The van der Waals surface area contributed by atoms with Crippen LogP contribution >= 0.6 is 22.6 Å². The molecule has 1 heterocycles. The largest absolute Gasteiger partial charge is 0.342 e. The first-order valence-electron chi connectivity index (χ1n) is 9.00. The maximum Gasteiger partial charge on any atom is 0.222 e. The predicted molar refractivity (Wildman–Crippen MR) is 97.7 cm³/mol. The van der Waals surface area contributed by atoms with Crippen LogP contribution in [0.15, 0.2) is 9.66 Å². The Bertz CT molecular complexity index is 544. The van der Waals surface area contributed by atoms with E-state index in [1.54, 1.807) is 3.58 Å². The van der Waals surface area contributed by atoms with Crippen molar-refractivity contribution in [2.75, 3.05) is 7.05 Å². The summed E-state index contributed by atoms with van der Waals surface area (Å²) in [6, 6.07) is 0.493. The molecule has 3 heteroatoms. The maximum absolute atomic E-state index is 12.1. The number of likely N-dealkylation sites (tertiary alicyclic amines) is 1. The van der Waals surface area contributed by atoms with Crippen molar-refractivity contribution in [2.45, 2.75) is 64.8 Å². The summed E-state index contributed by atoms with van der Waals surface area (Å²) in [5, 5.41) is 0. The smallest absolute Gasteiger partial charge is 0.222 e. The van der Waals surface area contributed by atoms with E-state index in [0.29, 0.717) is 22.8 Å². The fraction of sp³-hybridized carbons (Fsp3) is 0.842. The summed E-state index contributed by atoms with van der Waals surface area (Å²) in [5.41, 5.74) is 0.822. The van der Waals surface area contributed by atoms with E-state index in [4.69, 9.17) is 0 Å². The van der Waals surface area contributed by atoms with Gasteiger partial charge < -0.3 is 4.90 Å². The normalized spacial score (nSPS) is 51.0. The number of piperidine rings is 1. The third-order valence-corrected chi connectivity index (χ3v) is 9.72. The molecule has 6 atom stereocenters. The Balaban J connectivity index is 1.66. The van der Waals surface area contributed by atoms with Crippen molar-refractivity contribution in [1.82, 2.24) is 4.90 Å². The van der Waals surface area contributed by atoms with Crippen molar-refractivity contribution in [2.24, 2.45) is 28.6 Å². The van der Waals surface area contributed by atoms with Crippen LogP contribution in [0.1, 0.15) is 58.8 Å². The topological polar surface area (TPSA) is 20.3 Å². The van der Waals surface area contributed by atoms with E-state index in [1.165, 1.54) is 32.1 Å².